The van der Waals surface area contributed by atoms with E-state index in [1.54, 1.807) is 13.8 Å². The molecule has 112 valence electrons. The Balaban J connectivity index is 2.57. The van der Waals surface area contributed by atoms with Crippen molar-refractivity contribution in [3.8, 4) is 11.4 Å². The molecule has 1 heterocycles. The zero-order valence-corrected chi connectivity index (χ0v) is 12.0. The molecule has 2 rings (SSSR count). The molecule has 7 heteroatoms. The first-order valence-corrected chi connectivity index (χ1v) is 6.35. The van der Waals surface area contributed by atoms with E-state index in [0.717, 1.165) is 0 Å². The molecule has 2 N–H and O–H groups in total. The van der Waals surface area contributed by atoms with Gasteiger partial charge in [-0.05, 0) is 26.0 Å². The molecular formula is C14H16FN3O3. The first-order valence-electron chi connectivity index (χ1n) is 6.35. The van der Waals surface area contributed by atoms with Gasteiger partial charge in [-0.1, -0.05) is 0 Å². The first-order chi connectivity index (χ1) is 9.99. The molecule has 0 amide bonds. The van der Waals surface area contributed by atoms with Crippen molar-refractivity contribution in [3.63, 3.8) is 0 Å². The average molecular weight is 293 g/mol. The number of ether oxygens (including phenoxy) is 2. The number of hydrogen-bond donors (Lipinski definition) is 1. The molecule has 1 aromatic carbocycles. The van der Waals surface area contributed by atoms with Crippen LogP contribution >= 0.6 is 0 Å². The first kappa shape index (κ1) is 14.8. The molecule has 0 unspecified atom stereocenters. The van der Waals surface area contributed by atoms with E-state index in [-0.39, 0.29) is 23.8 Å². The Bertz CT molecular complexity index is 682. The molecule has 0 radical (unpaired) electrons. The van der Waals surface area contributed by atoms with E-state index in [1.807, 2.05) is 0 Å². The number of imidazole rings is 1. The highest BCUT2D eigenvalue weighted by Gasteiger charge is 2.22. The Labute approximate surface area is 121 Å². The predicted molar refractivity (Wildman–Crippen MR) is 75.2 cm³/mol. The number of aromatic nitrogens is 2. The fourth-order valence-electron chi connectivity index (χ4n) is 1.99. The second kappa shape index (κ2) is 5.82. The molecule has 0 aliphatic carbocycles. The number of esters is 1. The van der Waals surface area contributed by atoms with Crippen LogP contribution in [0.1, 0.15) is 23.2 Å². The average Bonchev–Trinajstić information content (AvgIpc) is 2.75. The summed E-state index contributed by atoms with van der Waals surface area (Å²) in [5.74, 6) is -0.268. The normalized spacial score (nSPS) is 10.5. The van der Waals surface area contributed by atoms with Crippen LogP contribution in [-0.4, -0.2) is 29.2 Å². The lowest BCUT2D eigenvalue weighted by Crippen LogP contribution is -2.10. The third-order valence-electron chi connectivity index (χ3n) is 2.94. The van der Waals surface area contributed by atoms with Crippen molar-refractivity contribution < 1.29 is 18.7 Å². The van der Waals surface area contributed by atoms with Crippen molar-refractivity contribution in [2.24, 2.45) is 0 Å². The highest BCUT2D eigenvalue weighted by Crippen LogP contribution is 2.26. The smallest absolute Gasteiger partial charge is 0.360 e. The van der Waals surface area contributed by atoms with Crippen molar-refractivity contribution in [2.45, 2.75) is 13.8 Å². The van der Waals surface area contributed by atoms with Crippen molar-refractivity contribution in [2.75, 3.05) is 19.5 Å². The molecule has 0 bridgehead atoms. The summed E-state index contributed by atoms with van der Waals surface area (Å²) in [7, 11) is 1.48. The lowest BCUT2D eigenvalue weighted by atomic mass is 10.2. The summed E-state index contributed by atoms with van der Waals surface area (Å²) in [5.41, 5.74) is 6.05. The van der Waals surface area contributed by atoms with Gasteiger partial charge in [0.1, 0.15) is 23.2 Å². The number of anilines is 1. The summed E-state index contributed by atoms with van der Waals surface area (Å²) in [4.78, 5) is 15.8. The summed E-state index contributed by atoms with van der Waals surface area (Å²) in [6.07, 6.45) is 0. The SMILES string of the molecule is CCOC(=O)c1nc(C)n(-c2cc(OC)ccc2F)c1N. The van der Waals surface area contributed by atoms with E-state index in [1.165, 1.54) is 29.9 Å². The molecule has 2 aromatic rings. The van der Waals surface area contributed by atoms with Gasteiger partial charge in [0.15, 0.2) is 5.69 Å². The van der Waals surface area contributed by atoms with E-state index in [2.05, 4.69) is 4.98 Å². The zero-order valence-electron chi connectivity index (χ0n) is 12.0. The van der Waals surface area contributed by atoms with Gasteiger partial charge >= 0.3 is 5.97 Å². The van der Waals surface area contributed by atoms with Crippen LogP contribution < -0.4 is 10.5 Å². The van der Waals surface area contributed by atoms with Gasteiger partial charge in [-0.25, -0.2) is 14.2 Å². The highest BCUT2D eigenvalue weighted by molar-refractivity contribution is 5.92. The van der Waals surface area contributed by atoms with E-state index < -0.39 is 11.8 Å². The fourth-order valence-corrected chi connectivity index (χ4v) is 1.99. The van der Waals surface area contributed by atoms with Crippen LogP contribution in [0.5, 0.6) is 5.75 Å². The largest absolute Gasteiger partial charge is 0.497 e. The zero-order chi connectivity index (χ0) is 15.6. The number of methoxy groups -OCH3 is 1. The number of benzene rings is 1. The van der Waals surface area contributed by atoms with Gasteiger partial charge in [0.2, 0.25) is 0 Å². The van der Waals surface area contributed by atoms with Crippen LogP contribution in [0.4, 0.5) is 10.2 Å². The van der Waals surface area contributed by atoms with Crippen LogP contribution in [0, 0.1) is 12.7 Å². The van der Waals surface area contributed by atoms with Gasteiger partial charge in [-0.2, -0.15) is 0 Å². The fraction of sp³-hybridized carbons (Fsp3) is 0.286. The number of carbonyl (C=O) groups is 1. The molecule has 6 nitrogen and oxygen atoms in total. The number of halogens is 1. The van der Waals surface area contributed by atoms with Crippen LogP contribution in [0.15, 0.2) is 18.2 Å². The number of nitrogen functional groups attached to an aromatic ring is 1. The molecule has 0 saturated heterocycles. The number of aryl methyl sites for hydroxylation is 1. The molecular weight excluding hydrogens is 277 g/mol. The van der Waals surface area contributed by atoms with E-state index in [0.29, 0.717) is 11.6 Å². The Kier molecular flexibility index (Phi) is 4.11. The van der Waals surface area contributed by atoms with E-state index in [4.69, 9.17) is 15.2 Å². The second-order valence-corrected chi connectivity index (χ2v) is 4.27. The van der Waals surface area contributed by atoms with Gasteiger partial charge in [0.05, 0.1) is 19.4 Å². The second-order valence-electron chi connectivity index (χ2n) is 4.27. The minimum absolute atomic E-state index is 0.0260. The summed E-state index contributed by atoms with van der Waals surface area (Å²) in [5, 5.41) is 0. The van der Waals surface area contributed by atoms with Crippen molar-refractivity contribution in [1.82, 2.24) is 9.55 Å². The van der Waals surface area contributed by atoms with Crippen molar-refractivity contribution >= 4 is 11.8 Å². The maximum absolute atomic E-state index is 14.0. The minimum atomic E-state index is -0.639. The Hall–Kier alpha value is -2.57. The number of nitrogens with two attached hydrogens (primary N) is 1. The van der Waals surface area contributed by atoms with Gasteiger partial charge in [-0.3, -0.25) is 4.57 Å². The number of nitrogens with zero attached hydrogens (tertiary/aromatic N) is 2. The standard InChI is InChI=1S/C14H16FN3O3/c1-4-21-14(19)12-13(16)18(8(2)17-12)11-7-9(20-3)5-6-10(11)15/h5-7H,4,16H2,1-3H3. The maximum atomic E-state index is 14.0. The van der Waals surface area contributed by atoms with Gasteiger partial charge in [0.25, 0.3) is 0 Å². The van der Waals surface area contributed by atoms with Crippen molar-refractivity contribution in [3.05, 3.63) is 35.5 Å². The third kappa shape index (κ3) is 2.67. The summed E-state index contributed by atoms with van der Waals surface area (Å²) in [6.45, 7) is 3.51. The Morgan fingerprint density at radius 1 is 1.48 bits per heavy atom. The lowest BCUT2D eigenvalue weighted by molar-refractivity contribution is 0.0521. The molecule has 0 aliphatic rings. The van der Waals surface area contributed by atoms with Gasteiger partial charge in [-0.15, -0.1) is 0 Å². The maximum Gasteiger partial charge on any atom is 0.360 e. The summed E-state index contributed by atoms with van der Waals surface area (Å²) >= 11 is 0. The lowest BCUT2D eigenvalue weighted by Gasteiger charge is -2.10. The third-order valence-corrected chi connectivity index (χ3v) is 2.94. The molecule has 0 fully saturated rings. The minimum Gasteiger partial charge on any atom is -0.497 e. The van der Waals surface area contributed by atoms with E-state index >= 15 is 0 Å². The summed E-state index contributed by atoms with van der Waals surface area (Å²) < 4.78 is 25.3. The van der Waals surface area contributed by atoms with Crippen LogP contribution in [0.2, 0.25) is 0 Å². The van der Waals surface area contributed by atoms with Crippen LogP contribution in [-0.2, 0) is 4.74 Å². The van der Waals surface area contributed by atoms with Crippen LogP contribution in [0.3, 0.4) is 0 Å². The quantitative estimate of drug-likeness (QED) is 0.873. The Morgan fingerprint density at radius 3 is 2.81 bits per heavy atom. The van der Waals surface area contributed by atoms with Crippen molar-refractivity contribution in [1.29, 1.82) is 0 Å². The molecule has 21 heavy (non-hydrogen) atoms. The summed E-state index contributed by atoms with van der Waals surface area (Å²) in [6, 6.07) is 4.24. The Morgan fingerprint density at radius 2 is 2.19 bits per heavy atom. The highest BCUT2D eigenvalue weighted by atomic mass is 19.1. The molecule has 0 spiro atoms. The molecule has 0 atom stereocenters. The molecule has 0 aliphatic heterocycles. The predicted octanol–water partition coefficient (Wildman–Crippen LogP) is 2.09. The number of hydrogen-bond acceptors (Lipinski definition) is 5. The monoisotopic (exact) mass is 293 g/mol. The number of carbonyl (C=O) groups excluding carboxylic acids is 1. The van der Waals surface area contributed by atoms with E-state index in [9.17, 15) is 9.18 Å². The van der Waals surface area contributed by atoms with Gasteiger partial charge in [0, 0.05) is 6.07 Å². The van der Waals surface area contributed by atoms with Gasteiger partial charge < -0.3 is 15.2 Å². The molecule has 1 aromatic heterocycles. The topological polar surface area (TPSA) is 79.4 Å². The number of rotatable bonds is 4. The molecule has 0 saturated carbocycles. The van der Waals surface area contributed by atoms with Crippen LogP contribution in [0.25, 0.3) is 5.69 Å².